The summed E-state index contributed by atoms with van der Waals surface area (Å²) in [4.78, 5) is 1.49. The maximum Gasteiger partial charge on any atom is 0.0108 e. The third-order valence-electron chi connectivity index (χ3n) is 4.20. The number of benzene rings is 1. The summed E-state index contributed by atoms with van der Waals surface area (Å²) in [6, 6.07) is 8.87. The van der Waals surface area contributed by atoms with Crippen LogP contribution in [0, 0.1) is 0 Å². The number of rotatable bonds is 5. The zero-order valence-corrected chi connectivity index (χ0v) is 12.3. The number of hydrogen-bond donors (Lipinski definition) is 1. The smallest absolute Gasteiger partial charge is 0.0108 e. The van der Waals surface area contributed by atoms with E-state index in [9.17, 15) is 0 Å². The molecule has 0 amide bonds. The number of hydrogen-bond acceptors (Lipinski definition) is 2. The van der Waals surface area contributed by atoms with Crippen LogP contribution in [0.15, 0.2) is 40.8 Å². The van der Waals surface area contributed by atoms with E-state index in [1.54, 1.807) is 11.1 Å². The molecule has 3 rings (SSSR count). The van der Waals surface area contributed by atoms with Gasteiger partial charge < -0.3 is 5.32 Å². The molecule has 0 spiro atoms. The Morgan fingerprint density at radius 2 is 2.16 bits per heavy atom. The molecule has 0 aromatic heterocycles. The van der Waals surface area contributed by atoms with Gasteiger partial charge in [-0.15, -0.1) is 11.8 Å². The standard InChI is InChI=1S/C17H23NS/c1-2-6-14(7-3-1)10-11-18-12-15-13-19-17-9-5-4-8-16(15)17/h4-6,8-9,15,18H,1-3,7,10-13H2. The van der Waals surface area contributed by atoms with E-state index < -0.39 is 0 Å². The number of nitrogens with one attached hydrogen (secondary N) is 1. The monoisotopic (exact) mass is 273 g/mol. The van der Waals surface area contributed by atoms with Gasteiger partial charge in [0.15, 0.2) is 0 Å². The minimum Gasteiger partial charge on any atom is -0.316 e. The molecule has 19 heavy (non-hydrogen) atoms. The van der Waals surface area contributed by atoms with E-state index in [1.165, 1.54) is 42.8 Å². The molecular weight excluding hydrogens is 250 g/mol. The van der Waals surface area contributed by atoms with Crippen molar-refractivity contribution in [3.05, 3.63) is 41.5 Å². The van der Waals surface area contributed by atoms with Crippen molar-refractivity contribution in [1.82, 2.24) is 5.32 Å². The van der Waals surface area contributed by atoms with Crippen LogP contribution in [-0.4, -0.2) is 18.8 Å². The van der Waals surface area contributed by atoms with Gasteiger partial charge in [-0.3, -0.25) is 0 Å². The van der Waals surface area contributed by atoms with E-state index in [-0.39, 0.29) is 0 Å². The van der Waals surface area contributed by atoms with Crippen molar-refractivity contribution in [3.63, 3.8) is 0 Å². The van der Waals surface area contributed by atoms with Crippen LogP contribution in [0.4, 0.5) is 0 Å². The largest absolute Gasteiger partial charge is 0.316 e. The zero-order valence-electron chi connectivity index (χ0n) is 11.5. The molecule has 2 aliphatic rings. The Balaban J connectivity index is 1.42. The Kier molecular flexibility index (Phi) is 4.62. The van der Waals surface area contributed by atoms with Gasteiger partial charge in [-0.25, -0.2) is 0 Å². The molecule has 0 radical (unpaired) electrons. The molecule has 1 aromatic rings. The fraction of sp³-hybridized carbons (Fsp3) is 0.529. The maximum atomic E-state index is 3.66. The molecule has 1 atom stereocenters. The average molecular weight is 273 g/mol. The first-order valence-corrected chi connectivity index (χ1v) is 8.52. The molecule has 0 bridgehead atoms. The first-order chi connectivity index (χ1) is 9.43. The summed E-state index contributed by atoms with van der Waals surface area (Å²) < 4.78 is 0. The second kappa shape index (κ2) is 6.62. The molecule has 1 unspecified atom stereocenters. The average Bonchev–Trinajstić information content (AvgIpc) is 2.88. The topological polar surface area (TPSA) is 12.0 Å². The summed E-state index contributed by atoms with van der Waals surface area (Å²) in [5.41, 5.74) is 3.23. The number of fused-ring (bicyclic) bond motifs is 1. The summed E-state index contributed by atoms with van der Waals surface area (Å²) in [6.07, 6.45) is 9.16. The third-order valence-corrected chi connectivity index (χ3v) is 5.45. The quantitative estimate of drug-likeness (QED) is 0.632. The zero-order chi connectivity index (χ0) is 12.9. The van der Waals surface area contributed by atoms with E-state index in [1.807, 2.05) is 11.8 Å². The van der Waals surface area contributed by atoms with Crippen LogP contribution in [0.25, 0.3) is 0 Å². The summed E-state index contributed by atoms with van der Waals surface area (Å²) in [7, 11) is 0. The number of allylic oxidation sites excluding steroid dienone is 1. The molecule has 0 saturated carbocycles. The van der Waals surface area contributed by atoms with Crippen LogP contribution >= 0.6 is 11.8 Å². The minimum atomic E-state index is 0.710. The van der Waals surface area contributed by atoms with Crippen LogP contribution in [0.3, 0.4) is 0 Å². The summed E-state index contributed by atoms with van der Waals surface area (Å²) in [5.74, 6) is 1.95. The molecule has 1 N–H and O–H groups in total. The van der Waals surface area contributed by atoms with Gasteiger partial charge in [0.2, 0.25) is 0 Å². The predicted molar refractivity (Wildman–Crippen MR) is 83.9 cm³/mol. The van der Waals surface area contributed by atoms with E-state index in [0.717, 1.165) is 13.1 Å². The van der Waals surface area contributed by atoms with Crippen molar-refractivity contribution in [2.45, 2.75) is 42.9 Å². The highest BCUT2D eigenvalue weighted by Gasteiger charge is 2.21. The molecule has 1 heterocycles. The lowest BCUT2D eigenvalue weighted by atomic mass is 9.97. The fourth-order valence-corrected chi connectivity index (χ4v) is 4.31. The summed E-state index contributed by atoms with van der Waals surface area (Å²) in [6.45, 7) is 2.28. The van der Waals surface area contributed by atoms with Gasteiger partial charge >= 0.3 is 0 Å². The Morgan fingerprint density at radius 1 is 1.21 bits per heavy atom. The van der Waals surface area contributed by atoms with Crippen molar-refractivity contribution in [2.24, 2.45) is 0 Å². The Bertz CT molecular complexity index is 452. The lowest BCUT2D eigenvalue weighted by molar-refractivity contribution is 0.600. The van der Waals surface area contributed by atoms with Gasteiger partial charge in [0.25, 0.3) is 0 Å². The lowest BCUT2D eigenvalue weighted by Gasteiger charge is -2.15. The molecule has 1 nitrogen and oxygen atoms in total. The molecule has 0 fully saturated rings. The van der Waals surface area contributed by atoms with Crippen molar-refractivity contribution in [2.75, 3.05) is 18.8 Å². The minimum absolute atomic E-state index is 0.710. The molecule has 0 saturated heterocycles. The first kappa shape index (κ1) is 13.3. The lowest BCUT2D eigenvalue weighted by Crippen LogP contribution is -2.23. The Hall–Kier alpha value is -0.730. The Morgan fingerprint density at radius 3 is 3.05 bits per heavy atom. The highest BCUT2D eigenvalue weighted by Crippen LogP contribution is 2.38. The molecule has 1 aliphatic carbocycles. The van der Waals surface area contributed by atoms with Gasteiger partial charge in [0.1, 0.15) is 0 Å². The number of thioether (sulfide) groups is 1. The van der Waals surface area contributed by atoms with Crippen molar-refractivity contribution >= 4 is 11.8 Å². The second-order valence-corrected chi connectivity index (χ2v) is 6.67. The summed E-state index contributed by atoms with van der Waals surface area (Å²) >= 11 is 2.01. The highest BCUT2D eigenvalue weighted by atomic mass is 32.2. The van der Waals surface area contributed by atoms with E-state index in [2.05, 4.69) is 35.7 Å². The van der Waals surface area contributed by atoms with E-state index in [0.29, 0.717) is 5.92 Å². The van der Waals surface area contributed by atoms with Gasteiger partial charge in [0.05, 0.1) is 0 Å². The fourth-order valence-electron chi connectivity index (χ4n) is 3.06. The van der Waals surface area contributed by atoms with Crippen LogP contribution in [0.5, 0.6) is 0 Å². The third kappa shape index (κ3) is 3.43. The maximum absolute atomic E-state index is 3.66. The molecule has 1 aromatic carbocycles. The molecule has 102 valence electrons. The van der Waals surface area contributed by atoms with E-state index >= 15 is 0 Å². The first-order valence-electron chi connectivity index (χ1n) is 7.54. The van der Waals surface area contributed by atoms with Crippen molar-refractivity contribution in [3.8, 4) is 0 Å². The molecule has 2 heteroatoms. The van der Waals surface area contributed by atoms with Crippen LogP contribution < -0.4 is 5.32 Å². The van der Waals surface area contributed by atoms with Crippen LogP contribution in [0.2, 0.25) is 0 Å². The van der Waals surface area contributed by atoms with Crippen molar-refractivity contribution < 1.29 is 0 Å². The Labute approximate surface area is 120 Å². The molecular formula is C17H23NS. The van der Waals surface area contributed by atoms with Gasteiger partial charge in [0, 0.05) is 23.1 Å². The van der Waals surface area contributed by atoms with Crippen LogP contribution in [0.1, 0.15) is 43.6 Å². The highest BCUT2D eigenvalue weighted by molar-refractivity contribution is 7.99. The summed E-state index contributed by atoms with van der Waals surface area (Å²) in [5, 5.41) is 3.66. The molecule has 1 aliphatic heterocycles. The second-order valence-electron chi connectivity index (χ2n) is 5.61. The van der Waals surface area contributed by atoms with Gasteiger partial charge in [-0.2, -0.15) is 0 Å². The van der Waals surface area contributed by atoms with Crippen LogP contribution in [-0.2, 0) is 0 Å². The predicted octanol–water partition coefficient (Wildman–Crippen LogP) is 4.36. The SMILES string of the molecule is C1=C(CCNCC2CSc3ccccc32)CCCC1. The van der Waals surface area contributed by atoms with Gasteiger partial charge in [-0.1, -0.05) is 29.8 Å². The van der Waals surface area contributed by atoms with Gasteiger partial charge in [-0.05, 0) is 50.3 Å². The van der Waals surface area contributed by atoms with E-state index in [4.69, 9.17) is 0 Å². The normalized spacial score (nSPS) is 22.1. The van der Waals surface area contributed by atoms with Crippen molar-refractivity contribution in [1.29, 1.82) is 0 Å².